The van der Waals surface area contributed by atoms with Gasteiger partial charge in [-0.05, 0) is 78.8 Å². The molecule has 9 heteroatoms. The Kier molecular flexibility index (Phi) is 6.36. The maximum atomic E-state index is 12.5. The molecule has 5 heterocycles. The van der Waals surface area contributed by atoms with Crippen LogP contribution < -0.4 is 5.32 Å². The van der Waals surface area contributed by atoms with Gasteiger partial charge < -0.3 is 24.3 Å². The number of anilines is 1. The molecule has 34 heavy (non-hydrogen) atoms. The summed E-state index contributed by atoms with van der Waals surface area (Å²) in [6.07, 6.45) is 8.54. The highest BCUT2D eigenvalue weighted by atomic mass is 35.5. The molecule has 188 valence electrons. The second-order valence-corrected chi connectivity index (χ2v) is 11.6. The third-order valence-electron chi connectivity index (χ3n) is 7.70. The van der Waals surface area contributed by atoms with E-state index in [2.05, 4.69) is 26.0 Å². The highest BCUT2D eigenvalue weighted by Gasteiger charge is 2.45. The van der Waals surface area contributed by atoms with Gasteiger partial charge in [0, 0.05) is 31.4 Å². The number of rotatable bonds is 3. The zero-order valence-electron chi connectivity index (χ0n) is 20.8. The quantitative estimate of drug-likeness (QED) is 0.658. The lowest BCUT2D eigenvalue weighted by Crippen LogP contribution is -2.55. The Morgan fingerprint density at radius 1 is 1.26 bits per heavy atom. The summed E-state index contributed by atoms with van der Waals surface area (Å²) in [7, 11) is 0. The third kappa shape index (κ3) is 4.69. The van der Waals surface area contributed by atoms with Gasteiger partial charge >= 0.3 is 6.09 Å². The van der Waals surface area contributed by atoms with Gasteiger partial charge in [0.25, 0.3) is 0 Å². The second-order valence-electron chi connectivity index (χ2n) is 11.3. The summed E-state index contributed by atoms with van der Waals surface area (Å²) in [5.41, 5.74) is 0.683. The maximum absolute atomic E-state index is 12.5. The van der Waals surface area contributed by atoms with Crippen molar-refractivity contribution >= 4 is 28.7 Å². The Morgan fingerprint density at radius 3 is 2.76 bits per heavy atom. The molecule has 1 N–H and O–H groups in total. The number of aliphatic imine (C=N–C) groups is 1. The summed E-state index contributed by atoms with van der Waals surface area (Å²) < 4.78 is 14.3. The van der Waals surface area contributed by atoms with Gasteiger partial charge in [0.1, 0.15) is 29.0 Å². The SMILES string of the molecule is CC1N=C(Cl)c2ccn(C3CCC(CN4CCCC45CCN(C(=O)OC(C)(C)C)CC5)O3)c2N1. The molecule has 0 radical (unpaired) electrons. The van der Waals surface area contributed by atoms with E-state index < -0.39 is 5.60 Å². The van der Waals surface area contributed by atoms with E-state index in [1.807, 2.05) is 38.7 Å². The Labute approximate surface area is 207 Å². The van der Waals surface area contributed by atoms with Crippen LogP contribution in [-0.4, -0.2) is 75.2 Å². The monoisotopic (exact) mass is 491 g/mol. The molecule has 3 atom stereocenters. The van der Waals surface area contributed by atoms with Gasteiger partial charge in [-0.25, -0.2) is 9.79 Å². The van der Waals surface area contributed by atoms with Gasteiger partial charge in [-0.2, -0.15) is 0 Å². The molecule has 4 aliphatic rings. The standard InChI is InChI=1S/C25H38ClN5O3/c1-17-27-21(26)19-8-13-31(22(19)28-17)20-7-6-18(33-20)16-30-12-5-9-25(30)10-14-29(15-11-25)23(32)34-24(2,3)4/h8,13,17-18,20,28H,5-7,9-12,14-16H2,1-4H3. The molecule has 0 bridgehead atoms. The van der Waals surface area contributed by atoms with Crippen LogP contribution in [0.4, 0.5) is 10.6 Å². The lowest BCUT2D eigenvalue weighted by Gasteiger charge is -2.45. The molecule has 3 saturated heterocycles. The van der Waals surface area contributed by atoms with Crippen molar-refractivity contribution in [3.63, 3.8) is 0 Å². The van der Waals surface area contributed by atoms with Crippen LogP contribution in [0.15, 0.2) is 17.3 Å². The van der Waals surface area contributed by atoms with Gasteiger partial charge in [-0.15, -0.1) is 0 Å². The fraction of sp³-hybridized carbons (Fsp3) is 0.760. The van der Waals surface area contributed by atoms with Crippen molar-refractivity contribution in [1.29, 1.82) is 0 Å². The molecule has 1 spiro atoms. The summed E-state index contributed by atoms with van der Waals surface area (Å²) in [6, 6.07) is 2.02. The van der Waals surface area contributed by atoms with E-state index in [9.17, 15) is 4.79 Å². The van der Waals surface area contributed by atoms with Crippen molar-refractivity contribution in [3.05, 3.63) is 17.8 Å². The Balaban J connectivity index is 1.19. The molecular formula is C25H38ClN5O3. The van der Waals surface area contributed by atoms with E-state index in [0.29, 0.717) is 5.17 Å². The van der Waals surface area contributed by atoms with E-state index in [1.165, 1.54) is 12.8 Å². The number of carbonyl (C=O) groups is 1. The van der Waals surface area contributed by atoms with E-state index in [0.717, 1.165) is 63.2 Å². The number of amides is 1. The predicted octanol–water partition coefficient (Wildman–Crippen LogP) is 4.79. The second kappa shape index (κ2) is 9.03. The first-order chi connectivity index (χ1) is 16.1. The normalized spacial score (nSPS) is 29.1. The molecule has 3 unspecified atom stereocenters. The number of likely N-dealkylation sites (tertiary alicyclic amines) is 2. The average molecular weight is 492 g/mol. The van der Waals surface area contributed by atoms with Gasteiger partial charge in [-0.1, -0.05) is 11.6 Å². The first-order valence-corrected chi connectivity index (χ1v) is 13.1. The smallest absolute Gasteiger partial charge is 0.410 e. The molecular weight excluding hydrogens is 454 g/mol. The molecule has 1 aromatic rings. The largest absolute Gasteiger partial charge is 0.444 e. The molecule has 0 aliphatic carbocycles. The van der Waals surface area contributed by atoms with Gasteiger partial charge in [0.15, 0.2) is 0 Å². The Hall–Kier alpha value is -1.77. The highest BCUT2D eigenvalue weighted by Crippen LogP contribution is 2.41. The summed E-state index contributed by atoms with van der Waals surface area (Å²) in [5, 5.41) is 4.00. The number of hydrogen-bond donors (Lipinski definition) is 1. The van der Waals surface area contributed by atoms with Crippen LogP contribution in [0.5, 0.6) is 0 Å². The van der Waals surface area contributed by atoms with Crippen LogP contribution in [-0.2, 0) is 9.47 Å². The lowest BCUT2D eigenvalue weighted by molar-refractivity contribution is -0.0369. The van der Waals surface area contributed by atoms with Crippen LogP contribution in [0.1, 0.15) is 78.0 Å². The molecule has 8 nitrogen and oxygen atoms in total. The van der Waals surface area contributed by atoms with E-state index in [4.69, 9.17) is 21.1 Å². The number of nitrogens with zero attached hydrogens (tertiary/aromatic N) is 4. The minimum absolute atomic E-state index is 0.0172. The minimum Gasteiger partial charge on any atom is -0.444 e. The fourth-order valence-electron chi connectivity index (χ4n) is 6.02. The van der Waals surface area contributed by atoms with Gasteiger partial charge in [-0.3, -0.25) is 4.90 Å². The van der Waals surface area contributed by atoms with E-state index in [1.54, 1.807) is 0 Å². The minimum atomic E-state index is -0.452. The zero-order chi connectivity index (χ0) is 24.1. The highest BCUT2D eigenvalue weighted by molar-refractivity contribution is 6.70. The topological polar surface area (TPSA) is 71.3 Å². The van der Waals surface area contributed by atoms with Crippen molar-refractivity contribution in [2.75, 3.05) is 31.5 Å². The molecule has 1 aromatic heterocycles. The van der Waals surface area contributed by atoms with Crippen molar-refractivity contribution in [2.24, 2.45) is 4.99 Å². The molecule has 1 amide bonds. The Morgan fingerprint density at radius 2 is 2.03 bits per heavy atom. The molecule has 0 aromatic carbocycles. The average Bonchev–Trinajstić information content (AvgIpc) is 3.47. The van der Waals surface area contributed by atoms with E-state index >= 15 is 0 Å². The molecule has 4 aliphatic heterocycles. The number of fused-ring (bicyclic) bond motifs is 1. The summed E-state index contributed by atoms with van der Waals surface area (Å²) in [4.78, 5) is 21.5. The van der Waals surface area contributed by atoms with Crippen molar-refractivity contribution in [3.8, 4) is 0 Å². The first-order valence-electron chi connectivity index (χ1n) is 12.7. The summed E-state index contributed by atoms with van der Waals surface area (Å²) in [6.45, 7) is 11.4. The lowest BCUT2D eigenvalue weighted by atomic mass is 9.85. The van der Waals surface area contributed by atoms with Crippen LogP contribution in [0.3, 0.4) is 0 Å². The van der Waals surface area contributed by atoms with Crippen LogP contribution in [0.25, 0.3) is 0 Å². The maximum Gasteiger partial charge on any atom is 0.410 e. The summed E-state index contributed by atoms with van der Waals surface area (Å²) >= 11 is 6.36. The van der Waals surface area contributed by atoms with Crippen molar-refractivity contribution < 1.29 is 14.3 Å². The number of aromatic nitrogens is 1. The number of nitrogens with one attached hydrogen (secondary N) is 1. The van der Waals surface area contributed by atoms with Crippen molar-refractivity contribution in [1.82, 2.24) is 14.4 Å². The molecule has 0 saturated carbocycles. The fourth-order valence-corrected chi connectivity index (χ4v) is 6.32. The van der Waals surface area contributed by atoms with Crippen LogP contribution >= 0.6 is 11.6 Å². The van der Waals surface area contributed by atoms with E-state index in [-0.39, 0.29) is 30.1 Å². The van der Waals surface area contributed by atoms with Crippen molar-refractivity contribution in [2.45, 2.75) is 95.9 Å². The Bertz CT molecular complexity index is 947. The predicted molar refractivity (Wildman–Crippen MR) is 134 cm³/mol. The first kappa shape index (κ1) is 23.9. The van der Waals surface area contributed by atoms with Crippen LogP contribution in [0, 0.1) is 0 Å². The van der Waals surface area contributed by atoms with Gasteiger partial charge in [0.2, 0.25) is 0 Å². The number of ether oxygens (including phenoxy) is 2. The number of piperidine rings is 1. The zero-order valence-corrected chi connectivity index (χ0v) is 21.6. The number of carbonyl (C=O) groups excluding carboxylic acids is 1. The molecule has 5 rings (SSSR count). The van der Waals surface area contributed by atoms with Crippen LogP contribution in [0.2, 0.25) is 0 Å². The summed E-state index contributed by atoms with van der Waals surface area (Å²) in [5.74, 6) is 1.00. The number of halogens is 1. The third-order valence-corrected chi connectivity index (χ3v) is 8.00. The number of hydrogen-bond acceptors (Lipinski definition) is 6. The molecule has 3 fully saturated rings. The van der Waals surface area contributed by atoms with Gasteiger partial charge in [0.05, 0.1) is 11.7 Å².